The van der Waals surface area contributed by atoms with E-state index in [2.05, 4.69) is 10.6 Å². The van der Waals surface area contributed by atoms with Gasteiger partial charge in [-0.1, -0.05) is 12.1 Å². The molecular formula is C15H14F2N2S. The van der Waals surface area contributed by atoms with Crippen molar-refractivity contribution in [1.82, 2.24) is 5.32 Å². The van der Waals surface area contributed by atoms with Crippen molar-refractivity contribution in [1.29, 1.82) is 0 Å². The van der Waals surface area contributed by atoms with Crippen molar-refractivity contribution in [3.63, 3.8) is 0 Å². The highest BCUT2D eigenvalue weighted by molar-refractivity contribution is 7.80. The number of thiocarbonyl (C=S) groups is 1. The molecule has 0 atom stereocenters. The molecule has 0 bridgehead atoms. The molecule has 0 radical (unpaired) electrons. The lowest BCUT2D eigenvalue weighted by Crippen LogP contribution is -2.28. The minimum atomic E-state index is -0.279. The predicted octanol–water partition coefficient (Wildman–Crippen LogP) is 3.76. The lowest BCUT2D eigenvalue weighted by atomic mass is 10.2. The molecule has 2 aromatic rings. The molecule has 2 aromatic carbocycles. The molecule has 0 aliphatic heterocycles. The summed E-state index contributed by atoms with van der Waals surface area (Å²) in [5, 5.41) is 6.45. The van der Waals surface area contributed by atoms with Crippen LogP contribution in [0.15, 0.2) is 42.5 Å². The van der Waals surface area contributed by atoms with Crippen LogP contribution in [0.4, 0.5) is 14.5 Å². The summed E-state index contributed by atoms with van der Waals surface area (Å²) in [4.78, 5) is 0. The van der Waals surface area contributed by atoms with Gasteiger partial charge in [-0.25, -0.2) is 8.78 Å². The van der Waals surface area contributed by atoms with Gasteiger partial charge in [-0.3, -0.25) is 0 Å². The van der Waals surface area contributed by atoms with Crippen molar-refractivity contribution in [2.75, 3.05) is 5.32 Å². The Kier molecular flexibility index (Phi) is 4.63. The first-order valence-corrected chi connectivity index (χ1v) is 6.51. The van der Waals surface area contributed by atoms with Crippen molar-refractivity contribution in [3.8, 4) is 0 Å². The Bertz CT molecular complexity index is 612. The van der Waals surface area contributed by atoms with Crippen LogP contribution in [0.2, 0.25) is 0 Å². The van der Waals surface area contributed by atoms with Crippen LogP contribution >= 0.6 is 12.2 Å². The third kappa shape index (κ3) is 3.99. The number of nitrogens with one attached hydrogen (secondary N) is 2. The maximum Gasteiger partial charge on any atom is 0.171 e. The van der Waals surface area contributed by atoms with Gasteiger partial charge in [-0.15, -0.1) is 0 Å². The summed E-state index contributed by atoms with van der Waals surface area (Å²) in [5.41, 5.74) is 2.45. The van der Waals surface area contributed by atoms with Gasteiger partial charge in [0.2, 0.25) is 0 Å². The molecule has 104 valence electrons. The molecular weight excluding hydrogens is 278 g/mol. The fourth-order valence-corrected chi connectivity index (χ4v) is 1.90. The van der Waals surface area contributed by atoms with Crippen molar-refractivity contribution in [2.24, 2.45) is 0 Å². The molecule has 0 aliphatic carbocycles. The zero-order valence-electron chi connectivity index (χ0n) is 10.9. The van der Waals surface area contributed by atoms with Gasteiger partial charge in [0.05, 0.1) is 0 Å². The Morgan fingerprint density at radius 1 is 1.05 bits per heavy atom. The quantitative estimate of drug-likeness (QED) is 0.842. The number of anilines is 1. The van der Waals surface area contributed by atoms with Crippen LogP contribution in [0.5, 0.6) is 0 Å². The summed E-state index contributed by atoms with van der Waals surface area (Å²) in [7, 11) is 0. The maximum atomic E-state index is 13.0. The number of aryl methyl sites for hydroxylation is 1. The van der Waals surface area contributed by atoms with Crippen molar-refractivity contribution < 1.29 is 8.78 Å². The molecule has 0 unspecified atom stereocenters. The lowest BCUT2D eigenvalue weighted by molar-refractivity contribution is 0.626. The molecule has 0 fully saturated rings. The number of benzene rings is 2. The van der Waals surface area contributed by atoms with Crippen LogP contribution in [0, 0.1) is 18.6 Å². The highest BCUT2D eigenvalue weighted by Gasteiger charge is 2.02. The average Bonchev–Trinajstić information content (AvgIpc) is 2.41. The molecule has 0 heterocycles. The molecule has 0 saturated carbocycles. The summed E-state index contributed by atoms with van der Waals surface area (Å²) in [6.07, 6.45) is 0. The standard InChI is InChI=1S/C15H14F2N2S/c1-10-8-13(17)6-7-14(10)19-15(20)18-9-11-2-4-12(16)5-3-11/h2-8H,9H2,1H3,(H2,18,19,20). The highest BCUT2D eigenvalue weighted by atomic mass is 32.1. The van der Waals surface area contributed by atoms with E-state index in [1.807, 2.05) is 0 Å². The second-order valence-corrected chi connectivity index (χ2v) is 4.80. The van der Waals surface area contributed by atoms with E-state index in [0.717, 1.165) is 16.8 Å². The topological polar surface area (TPSA) is 24.1 Å². The Labute approximate surface area is 121 Å². The van der Waals surface area contributed by atoms with Gasteiger partial charge >= 0.3 is 0 Å². The minimum absolute atomic E-state index is 0.267. The third-order valence-electron chi connectivity index (χ3n) is 2.80. The van der Waals surface area contributed by atoms with Gasteiger partial charge in [-0.2, -0.15) is 0 Å². The van der Waals surface area contributed by atoms with Gasteiger partial charge in [0, 0.05) is 12.2 Å². The van der Waals surface area contributed by atoms with E-state index in [-0.39, 0.29) is 11.6 Å². The van der Waals surface area contributed by atoms with Crippen molar-refractivity contribution >= 4 is 23.0 Å². The Morgan fingerprint density at radius 3 is 2.35 bits per heavy atom. The zero-order chi connectivity index (χ0) is 14.5. The van der Waals surface area contributed by atoms with Crippen LogP contribution in [0.25, 0.3) is 0 Å². The monoisotopic (exact) mass is 292 g/mol. The number of halogens is 2. The van der Waals surface area contributed by atoms with Crippen LogP contribution in [0.3, 0.4) is 0 Å². The zero-order valence-corrected chi connectivity index (χ0v) is 11.7. The molecule has 0 amide bonds. The van der Waals surface area contributed by atoms with Gasteiger partial charge in [0.25, 0.3) is 0 Å². The smallest absolute Gasteiger partial charge is 0.171 e. The Hall–Kier alpha value is -2.01. The van der Waals surface area contributed by atoms with E-state index >= 15 is 0 Å². The molecule has 2 nitrogen and oxygen atoms in total. The van der Waals surface area contributed by atoms with Crippen LogP contribution in [-0.4, -0.2) is 5.11 Å². The first kappa shape index (κ1) is 14.4. The van der Waals surface area contributed by atoms with Gasteiger partial charge in [0.1, 0.15) is 11.6 Å². The van der Waals surface area contributed by atoms with E-state index in [1.165, 1.54) is 24.3 Å². The van der Waals surface area contributed by atoms with E-state index < -0.39 is 0 Å². The van der Waals surface area contributed by atoms with Crippen molar-refractivity contribution in [2.45, 2.75) is 13.5 Å². The predicted molar refractivity (Wildman–Crippen MR) is 80.6 cm³/mol. The van der Waals surface area contributed by atoms with Crippen LogP contribution < -0.4 is 10.6 Å². The first-order chi connectivity index (χ1) is 9.54. The van der Waals surface area contributed by atoms with E-state index in [4.69, 9.17) is 12.2 Å². The van der Waals surface area contributed by atoms with Crippen LogP contribution in [0.1, 0.15) is 11.1 Å². The van der Waals surface area contributed by atoms with Crippen LogP contribution in [-0.2, 0) is 6.54 Å². The van der Waals surface area contributed by atoms with Crippen molar-refractivity contribution in [3.05, 3.63) is 65.2 Å². The fourth-order valence-electron chi connectivity index (χ4n) is 1.72. The summed E-state index contributed by atoms with van der Waals surface area (Å²) in [5.74, 6) is -0.547. The molecule has 5 heteroatoms. The second kappa shape index (κ2) is 6.43. The van der Waals surface area contributed by atoms with Gasteiger partial charge in [0.15, 0.2) is 5.11 Å². The Balaban J connectivity index is 1.90. The summed E-state index contributed by atoms with van der Waals surface area (Å²) >= 11 is 5.16. The molecule has 0 saturated heterocycles. The third-order valence-corrected chi connectivity index (χ3v) is 3.05. The number of hydrogen-bond donors (Lipinski definition) is 2. The SMILES string of the molecule is Cc1cc(F)ccc1NC(=S)NCc1ccc(F)cc1. The average molecular weight is 292 g/mol. The molecule has 2 rings (SSSR count). The minimum Gasteiger partial charge on any atom is -0.358 e. The molecule has 0 aromatic heterocycles. The van der Waals surface area contributed by atoms with E-state index in [9.17, 15) is 8.78 Å². The number of hydrogen-bond acceptors (Lipinski definition) is 1. The molecule has 2 N–H and O–H groups in total. The lowest BCUT2D eigenvalue weighted by Gasteiger charge is -2.12. The normalized spacial score (nSPS) is 10.2. The van der Waals surface area contributed by atoms with Gasteiger partial charge in [-0.05, 0) is 60.6 Å². The van der Waals surface area contributed by atoms with Gasteiger partial charge < -0.3 is 10.6 Å². The summed E-state index contributed by atoms with van der Waals surface area (Å²) in [6.45, 7) is 2.29. The maximum absolute atomic E-state index is 13.0. The highest BCUT2D eigenvalue weighted by Crippen LogP contribution is 2.15. The largest absolute Gasteiger partial charge is 0.358 e. The molecule has 0 spiro atoms. The first-order valence-electron chi connectivity index (χ1n) is 6.10. The summed E-state index contributed by atoms with van der Waals surface area (Å²) < 4.78 is 25.7. The fraction of sp³-hybridized carbons (Fsp3) is 0.133. The molecule has 0 aliphatic rings. The van der Waals surface area contributed by atoms with E-state index in [0.29, 0.717) is 11.7 Å². The van der Waals surface area contributed by atoms with E-state index in [1.54, 1.807) is 25.1 Å². The Morgan fingerprint density at radius 2 is 1.70 bits per heavy atom. The summed E-state index contributed by atoms with van der Waals surface area (Å²) in [6, 6.07) is 10.6. The second-order valence-electron chi connectivity index (χ2n) is 4.39. The number of rotatable bonds is 3. The molecule has 20 heavy (non-hydrogen) atoms.